The number of fused-ring (bicyclic) bond motifs is 1. The number of aryl methyl sites for hydroxylation is 1. The van der Waals surface area contributed by atoms with E-state index in [2.05, 4.69) is 15.5 Å². The van der Waals surface area contributed by atoms with Crippen LogP contribution in [0.5, 0.6) is 0 Å². The molecule has 0 aliphatic heterocycles. The quantitative estimate of drug-likeness (QED) is 0.680. The van der Waals surface area contributed by atoms with Crippen molar-refractivity contribution in [2.45, 2.75) is 25.7 Å². The van der Waals surface area contributed by atoms with Gasteiger partial charge in [0, 0.05) is 24.2 Å². The third kappa shape index (κ3) is 3.58. The molecule has 1 aromatic heterocycles. The number of nitrogens with zero attached hydrogens (tertiary/aromatic N) is 2. The SMILES string of the molecule is CCN(CC)S(=O)(=O)c1cc(NC(=O)c2n[nH]c3ccccc23)ccc1C. The van der Waals surface area contributed by atoms with E-state index in [-0.39, 0.29) is 10.6 Å². The molecule has 0 fully saturated rings. The van der Waals surface area contributed by atoms with Crippen LogP contribution in [0.1, 0.15) is 29.9 Å². The topological polar surface area (TPSA) is 95.2 Å². The highest BCUT2D eigenvalue weighted by Crippen LogP contribution is 2.24. The lowest BCUT2D eigenvalue weighted by Gasteiger charge is -2.20. The lowest BCUT2D eigenvalue weighted by atomic mass is 10.2. The van der Waals surface area contributed by atoms with Crippen LogP contribution in [0.4, 0.5) is 5.69 Å². The third-order valence-electron chi connectivity index (χ3n) is 4.45. The number of rotatable bonds is 6. The van der Waals surface area contributed by atoms with Gasteiger partial charge < -0.3 is 5.32 Å². The molecule has 3 rings (SSSR count). The lowest BCUT2D eigenvalue weighted by molar-refractivity contribution is 0.102. The molecular formula is C19H22N4O3S. The molecule has 142 valence electrons. The third-order valence-corrected chi connectivity index (χ3v) is 6.65. The van der Waals surface area contributed by atoms with Crippen molar-refractivity contribution in [2.24, 2.45) is 0 Å². The van der Waals surface area contributed by atoms with Crippen molar-refractivity contribution in [3.8, 4) is 0 Å². The van der Waals surface area contributed by atoms with Crippen LogP contribution in [0.15, 0.2) is 47.4 Å². The second kappa shape index (κ2) is 7.50. The second-order valence-corrected chi connectivity index (χ2v) is 8.05. The molecule has 7 nitrogen and oxygen atoms in total. The first-order chi connectivity index (χ1) is 12.9. The number of carbonyl (C=O) groups is 1. The molecule has 1 heterocycles. The van der Waals surface area contributed by atoms with Crippen molar-refractivity contribution >= 4 is 32.5 Å². The largest absolute Gasteiger partial charge is 0.321 e. The summed E-state index contributed by atoms with van der Waals surface area (Å²) in [5.74, 6) is -0.400. The summed E-state index contributed by atoms with van der Waals surface area (Å²) < 4.78 is 27.1. The molecule has 0 aliphatic carbocycles. The number of aromatic nitrogens is 2. The molecule has 0 atom stereocenters. The van der Waals surface area contributed by atoms with Gasteiger partial charge in [-0.1, -0.05) is 38.1 Å². The summed E-state index contributed by atoms with van der Waals surface area (Å²) in [4.78, 5) is 12.8. The number of hydrogen-bond donors (Lipinski definition) is 2. The fraction of sp³-hybridized carbons (Fsp3) is 0.263. The zero-order valence-corrected chi connectivity index (χ0v) is 16.3. The summed E-state index contributed by atoms with van der Waals surface area (Å²) in [5.41, 5.74) is 2.06. The Balaban J connectivity index is 1.94. The van der Waals surface area contributed by atoms with Gasteiger partial charge in [0.1, 0.15) is 0 Å². The number of para-hydroxylation sites is 1. The zero-order valence-electron chi connectivity index (χ0n) is 15.5. The van der Waals surface area contributed by atoms with Crippen LogP contribution >= 0.6 is 0 Å². The van der Waals surface area contributed by atoms with Gasteiger partial charge in [0.15, 0.2) is 5.69 Å². The van der Waals surface area contributed by atoms with Crippen molar-refractivity contribution in [2.75, 3.05) is 18.4 Å². The van der Waals surface area contributed by atoms with Crippen LogP contribution < -0.4 is 5.32 Å². The normalized spacial score (nSPS) is 11.9. The van der Waals surface area contributed by atoms with E-state index in [1.165, 1.54) is 10.4 Å². The molecule has 0 saturated carbocycles. The molecule has 0 bridgehead atoms. The molecule has 3 aromatic rings. The zero-order chi connectivity index (χ0) is 19.6. The number of sulfonamides is 1. The first-order valence-corrected chi connectivity index (χ1v) is 10.2. The van der Waals surface area contributed by atoms with Crippen LogP contribution in [-0.2, 0) is 10.0 Å². The average Bonchev–Trinajstić information content (AvgIpc) is 3.08. The van der Waals surface area contributed by atoms with Crippen LogP contribution in [-0.4, -0.2) is 41.9 Å². The van der Waals surface area contributed by atoms with E-state index in [9.17, 15) is 13.2 Å². The van der Waals surface area contributed by atoms with Crippen LogP contribution in [0, 0.1) is 6.92 Å². The molecule has 0 aliphatic rings. The van der Waals surface area contributed by atoms with Gasteiger partial charge in [0.25, 0.3) is 5.91 Å². The molecular weight excluding hydrogens is 364 g/mol. The highest BCUT2D eigenvalue weighted by atomic mass is 32.2. The van der Waals surface area contributed by atoms with E-state index in [1.807, 2.05) is 18.2 Å². The number of H-pyrrole nitrogens is 1. The Kier molecular flexibility index (Phi) is 5.29. The lowest BCUT2D eigenvalue weighted by Crippen LogP contribution is -2.31. The van der Waals surface area contributed by atoms with E-state index in [4.69, 9.17) is 0 Å². The minimum Gasteiger partial charge on any atom is -0.321 e. The fourth-order valence-electron chi connectivity index (χ4n) is 2.99. The number of carbonyl (C=O) groups excluding carboxylic acids is 1. The summed E-state index contributed by atoms with van der Waals surface area (Å²) in [6.07, 6.45) is 0. The Morgan fingerprint density at radius 3 is 2.56 bits per heavy atom. The molecule has 0 saturated heterocycles. The standard InChI is InChI=1S/C19H22N4O3S/c1-4-23(5-2)27(25,26)17-12-14(11-10-13(17)3)20-19(24)18-15-8-6-7-9-16(15)21-22-18/h6-12H,4-5H2,1-3H3,(H,20,24)(H,21,22). The van der Waals surface area contributed by atoms with Gasteiger partial charge in [-0.25, -0.2) is 8.42 Å². The maximum absolute atomic E-state index is 12.9. The summed E-state index contributed by atoms with van der Waals surface area (Å²) in [5, 5.41) is 10.3. The highest BCUT2D eigenvalue weighted by molar-refractivity contribution is 7.89. The Morgan fingerprint density at radius 2 is 1.85 bits per heavy atom. The Labute approximate surface area is 158 Å². The maximum Gasteiger partial charge on any atom is 0.276 e. The summed E-state index contributed by atoms with van der Waals surface area (Å²) in [6, 6.07) is 12.2. The molecule has 27 heavy (non-hydrogen) atoms. The summed E-state index contributed by atoms with van der Waals surface area (Å²) in [7, 11) is -3.62. The number of anilines is 1. The van der Waals surface area contributed by atoms with Crippen LogP contribution in [0.25, 0.3) is 10.9 Å². The molecule has 2 N–H and O–H groups in total. The minimum atomic E-state index is -3.62. The van der Waals surface area contributed by atoms with Gasteiger partial charge in [-0.3, -0.25) is 9.89 Å². The molecule has 0 unspecified atom stereocenters. The van der Waals surface area contributed by atoms with E-state index in [0.29, 0.717) is 29.7 Å². The van der Waals surface area contributed by atoms with Crippen molar-refractivity contribution in [1.82, 2.24) is 14.5 Å². The first kappa shape index (κ1) is 19.1. The van der Waals surface area contributed by atoms with Crippen molar-refractivity contribution < 1.29 is 13.2 Å². The Hall–Kier alpha value is -2.71. The molecule has 2 aromatic carbocycles. The number of amides is 1. The van der Waals surface area contributed by atoms with Gasteiger partial charge in [-0.2, -0.15) is 9.40 Å². The fourth-order valence-corrected chi connectivity index (χ4v) is 4.69. The average molecular weight is 386 g/mol. The van der Waals surface area contributed by atoms with Crippen LogP contribution in [0.3, 0.4) is 0 Å². The van der Waals surface area contributed by atoms with E-state index < -0.39 is 15.9 Å². The summed E-state index contributed by atoms with van der Waals surface area (Å²) in [6.45, 7) is 6.10. The van der Waals surface area contributed by atoms with E-state index in [0.717, 1.165) is 5.52 Å². The van der Waals surface area contributed by atoms with E-state index in [1.54, 1.807) is 39.0 Å². The Bertz CT molecular complexity index is 1090. The van der Waals surface area contributed by atoms with Gasteiger partial charge >= 0.3 is 0 Å². The summed E-state index contributed by atoms with van der Waals surface area (Å²) >= 11 is 0. The number of aromatic amines is 1. The van der Waals surface area contributed by atoms with Gasteiger partial charge in [0.05, 0.1) is 10.4 Å². The first-order valence-electron chi connectivity index (χ1n) is 8.73. The molecule has 0 spiro atoms. The maximum atomic E-state index is 12.9. The van der Waals surface area contributed by atoms with Gasteiger partial charge in [-0.15, -0.1) is 0 Å². The molecule has 8 heteroatoms. The van der Waals surface area contributed by atoms with Gasteiger partial charge in [0.2, 0.25) is 10.0 Å². The number of benzene rings is 2. The van der Waals surface area contributed by atoms with Gasteiger partial charge in [-0.05, 0) is 30.7 Å². The highest BCUT2D eigenvalue weighted by Gasteiger charge is 2.24. The number of nitrogens with one attached hydrogen (secondary N) is 2. The van der Waals surface area contributed by atoms with Crippen molar-refractivity contribution in [1.29, 1.82) is 0 Å². The van der Waals surface area contributed by atoms with E-state index >= 15 is 0 Å². The minimum absolute atomic E-state index is 0.191. The smallest absolute Gasteiger partial charge is 0.276 e. The monoisotopic (exact) mass is 386 g/mol. The molecule has 1 amide bonds. The number of hydrogen-bond acceptors (Lipinski definition) is 4. The van der Waals surface area contributed by atoms with Crippen molar-refractivity contribution in [3.63, 3.8) is 0 Å². The Morgan fingerprint density at radius 1 is 1.15 bits per heavy atom. The predicted octanol–water partition coefficient (Wildman–Crippen LogP) is 3.15. The second-order valence-electron chi connectivity index (χ2n) is 6.14. The molecule has 0 radical (unpaired) electrons. The van der Waals surface area contributed by atoms with Crippen LogP contribution in [0.2, 0.25) is 0 Å². The predicted molar refractivity (Wildman–Crippen MR) is 105 cm³/mol. The van der Waals surface area contributed by atoms with Crippen molar-refractivity contribution in [3.05, 3.63) is 53.7 Å².